The molecule has 3 aliphatic rings. The van der Waals surface area contributed by atoms with E-state index in [2.05, 4.69) is 20.1 Å². The van der Waals surface area contributed by atoms with Crippen LogP contribution in [0.1, 0.15) is 19.8 Å². The van der Waals surface area contributed by atoms with Crippen molar-refractivity contribution in [3.8, 4) is 0 Å². The number of carbonyl (C=O) groups is 1. The van der Waals surface area contributed by atoms with Gasteiger partial charge < -0.3 is 79.2 Å². The second kappa shape index (κ2) is 17.5. The lowest BCUT2D eigenvalue weighted by atomic mass is 9.88. The minimum absolute atomic E-state index is 0.0457. The van der Waals surface area contributed by atoms with Crippen LogP contribution in [-0.4, -0.2) is 170 Å². The zero-order valence-electron chi connectivity index (χ0n) is 24.8. The molecule has 47 heavy (non-hydrogen) atoms. The van der Waals surface area contributed by atoms with Crippen LogP contribution in [-0.2, 0) is 33.2 Å². The predicted octanol–water partition coefficient (Wildman–Crippen LogP) is -4.39. The van der Waals surface area contributed by atoms with Crippen LogP contribution >= 0.6 is 11.6 Å². The van der Waals surface area contributed by atoms with Gasteiger partial charge in [0.05, 0.1) is 50.2 Å². The summed E-state index contributed by atoms with van der Waals surface area (Å²) in [5, 5.41) is 103. The van der Waals surface area contributed by atoms with Gasteiger partial charge in [0.1, 0.15) is 54.8 Å². The first-order chi connectivity index (χ1) is 22.3. The van der Waals surface area contributed by atoms with Crippen LogP contribution < -0.4 is 5.11 Å². The zero-order chi connectivity index (χ0) is 35.1. The summed E-state index contributed by atoms with van der Waals surface area (Å²) < 4.78 is 32.9. The quantitative estimate of drug-likeness (QED) is 0.0263. The van der Waals surface area contributed by atoms with E-state index in [1.807, 2.05) is 0 Å². The lowest BCUT2D eigenvalue weighted by Gasteiger charge is -2.49. The molecule has 0 amide bonds. The van der Waals surface area contributed by atoms with E-state index in [1.165, 1.54) is 0 Å². The number of hydrogen-bond acceptors (Lipinski definition) is 18. The number of aliphatic hydroxyl groups excluding tert-OH is 8. The Balaban J connectivity index is 1.81. The number of ether oxygens (including phenoxy) is 6. The second-order valence-corrected chi connectivity index (χ2v) is 11.5. The first kappa shape index (κ1) is 39.3. The molecule has 8 N–H and O–H groups in total. The Morgan fingerprint density at radius 2 is 1.70 bits per heavy atom. The summed E-state index contributed by atoms with van der Waals surface area (Å²) in [7, 11) is 0. The van der Waals surface area contributed by atoms with Gasteiger partial charge in [-0.2, -0.15) is 0 Å². The maximum absolute atomic E-state index is 12.4. The number of aliphatic hydroxyl groups is 8. The highest BCUT2D eigenvalue weighted by atomic mass is 35.5. The van der Waals surface area contributed by atoms with Gasteiger partial charge in [0.25, 0.3) is 0 Å². The Bertz CT molecular complexity index is 1110. The fourth-order valence-electron chi connectivity index (χ4n) is 5.36. The summed E-state index contributed by atoms with van der Waals surface area (Å²) in [6.45, 7) is -0.554. The van der Waals surface area contributed by atoms with E-state index in [1.54, 1.807) is 0 Å². The highest BCUT2D eigenvalue weighted by Crippen LogP contribution is 2.37. The van der Waals surface area contributed by atoms with Gasteiger partial charge in [0.15, 0.2) is 12.6 Å². The van der Waals surface area contributed by atoms with Crippen LogP contribution in [0.5, 0.6) is 0 Å². The van der Waals surface area contributed by atoms with E-state index in [0.29, 0.717) is 6.42 Å². The molecule has 16 atom stereocenters. The monoisotopic (exact) mass is 701 g/mol. The molecule has 0 aromatic carbocycles. The molecule has 0 spiro atoms. The first-order valence-corrected chi connectivity index (χ1v) is 14.9. The Kier molecular flexibility index (Phi) is 14.6. The van der Waals surface area contributed by atoms with E-state index in [4.69, 9.17) is 51.1 Å². The molecular weight excluding hydrogens is 664 g/mol. The summed E-state index contributed by atoms with van der Waals surface area (Å²) in [5.74, 6) is -4.75. The molecule has 0 radical (unpaired) electrons. The van der Waals surface area contributed by atoms with E-state index in [-0.39, 0.29) is 12.5 Å². The first-order valence-electron chi connectivity index (χ1n) is 14.4. The van der Waals surface area contributed by atoms with Gasteiger partial charge in [-0.1, -0.05) is 10.2 Å². The predicted molar refractivity (Wildman–Crippen MR) is 147 cm³/mol. The third-order valence-corrected chi connectivity index (χ3v) is 8.14. The zero-order valence-corrected chi connectivity index (χ0v) is 25.6. The highest BCUT2D eigenvalue weighted by Gasteiger charge is 2.54. The van der Waals surface area contributed by atoms with Gasteiger partial charge in [-0.3, -0.25) is 0 Å². The number of carboxylic acid groups (broad SMARTS) is 1. The third kappa shape index (κ3) is 8.90. The summed E-state index contributed by atoms with van der Waals surface area (Å²) in [6, 6.07) is -3.18. The maximum atomic E-state index is 12.4. The summed E-state index contributed by atoms with van der Waals surface area (Å²) in [4.78, 5) is 17.5. The van der Waals surface area contributed by atoms with E-state index >= 15 is 0 Å². The SMILES string of the molecule is C[C@@H](O)[C@@H](N=[N+]=[N-])C1O[C@@](OCC2O[C@@H](O[C@@H]3C(CO)O[C@@H](OCCCCl)C(O)[C@H]3O)C(O)[C@@H](O)[C@H]2O)(C(=O)[O-])C[C@@H](O)[C@H]1N=[N+]=[N-]. The number of azide groups is 2. The van der Waals surface area contributed by atoms with E-state index < -0.39 is 123 Å². The number of halogens is 1. The lowest BCUT2D eigenvalue weighted by molar-refractivity contribution is -0.388. The topological polar surface area (TPSA) is 355 Å². The number of nitrogens with zero attached hydrogens (tertiary/aromatic N) is 6. The molecule has 5 unspecified atom stereocenters. The van der Waals surface area contributed by atoms with Crippen LogP contribution in [0, 0.1) is 0 Å². The standard InChI is InChI=1S/C24H39ClN6O16/c1-8(33)12(28-30-26)20-13(29-31-27)9(34)5-24(47-20,23(40)41)43-7-11-14(35)15(36)17(38)22(45-11)46-19-10(6-32)44-21(18(39)16(19)37)42-4-2-3-25/h8-22,32-39H,2-7H2,1H3,(H,40,41)/p-1/t8-,9-,10?,11?,12-,13-,14+,15+,16-,17?,18?,19-,20?,21-,22+,24-/m1/s1. The maximum Gasteiger partial charge on any atom is 0.212 e. The molecular formula is C24H38ClN6O16-. The van der Waals surface area contributed by atoms with Crippen molar-refractivity contribution in [1.29, 1.82) is 0 Å². The van der Waals surface area contributed by atoms with Crippen molar-refractivity contribution in [1.82, 2.24) is 0 Å². The number of carbonyl (C=O) groups excluding carboxylic acids is 1. The minimum atomic E-state index is -2.90. The molecule has 3 heterocycles. The molecule has 0 saturated carbocycles. The van der Waals surface area contributed by atoms with Crippen LogP contribution in [0.2, 0.25) is 0 Å². The molecule has 3 fully saturated rings. The molecule has 22 nitrogen and oxygen atoms in total. The number of alkyl halides is 1. The largest absolute Gasteiger partial charge is 0.544 e. The van der Waals surface area contributed by atoms with Gasteiger partial charge in [-0.15, -0.1) is 11.6 Å². The molecule has 0 aromatic rings. The van der Waals surface area contributed by atoms with E-state index in [0.717, 1.165) is 6.92 Å². The molecule has 3 rings (SSSR count). The van der Waals surface area contributed by atoms with Crippen molar-refractivity contribution >= 4 is 17.6 Å². The van der Waals surface area contributed by atoms with Gasteiger partial charge in [-0.05, 0) is 24.4 Å². The van der Waals surface area contributed by atoms with Crippen molar-refractivity contribution in [2.75, 3.05) is 25.7 Å². The van der Waals surface area contributed by atoms with Crippen molar-refractivity contribution in [2.24, 2.45) is 10.2 Å². The Hall–Kier alpha value is -2.18. The fourth-order valence-corrected chi connectivity index (χ4v) is 5.47. The summed E-state index contributed by atoms with van der Waals surface area (Å²) >= 11 is 5.61. The molecule has 0 aliphatic carbocycles. The lowest BCUT2D eigenvalue weighted by Crippen LogP contribution is -2.67. The highest BCUT2D eigenvalue weighted by molar-refractivity contribution is 6.17. The van der Waals surface area contributed by atoms with Crippen molar-refractivity contribution < 1.29 is 79.2 Å². The van der Waals surface area contributed by atoms with E-state index in [9.17, 15) is 50.8 Å². The van der Waals surface area contributed by atoms with Crippen LogP contribution in [0.15, 0.2) is 10.2 Å². The van der Waals surface area contributed by atoms with Crippen molar-refractivity contribution in [2.45, 2.75) is 117 Å². The molecule has 268 valence electrons. The number of aliphatic carboxylic acids is 1. The normalized spacial score (nSPS) is 42.0. The number of rotatable bonds is 15. The van der Waals surface area contributed by atoms with Gasteiger partial charge in [0, 0.05) is 22.1 Å². The molecule has 0 bridgehead atoms. The minimum Gasteiger partial charge on any atom is -0.544 e. The molecule has 3 saturated heterocycles. The van der Waals surface area contributed by atoms with Gasteiger partial charge in [-0.25, -0.2) is 0 Å². The molecule has 23 heteroatoms. The van der Waals surface area contributed by atoms with Crippen molar-refractivity contribution in [3.63, 3.8) is 0 Å². The molecule has 3 aliphatic heterocycles. The molecule has 0 aromatic heterocycles. The van der Waals surface area contributed by atoms with Crippen LogP contribution in [0.4, 0.5) is 0 Å². The number of carboxylic acids is 1. The van der Waals surface area contributed by atoms with Gasteiger partial charge >= 0.3 is 0 Å². The Morgan fingerprint density at radius 1 is 1.04 bits per heavy atom. The summed E-state index contributed by atoms with van der Waals surface area (Å²) in [5.41, 5.74) is 17.9. The second-order valence-electron chi connectivity index (χ2n) is 11.1. The smallest absolute Gasteiger partial charge is 0.212 e. The Labute approximate surface area is 271 Å². The number of hydrogen-bond donors (Lipinski definition) is 8. The summed E-state index contributed by atoms with van der Waals surface area (Å²) in [6.07, 6.45) is -23.2. The average molecular weight is 702 g/mol. The van der Waals surface area contributed by atoms with Crippen LogP contribution in [0.25, 0.3) is 20.9 Å². The van der Waals surface area contributed by atoms with Crippen LogP contribution in [0.3, 0.4) is 0 Å². The third-order valence-electron chi connectivity index (χ3n) is 7.87. The fraction of sp³-hybridized carbons (Fsp3) is 0.958. The Morgan fingerprint density at radius 3 is 2.28 bits per heavy atom. The van der Waals surface area contributed by atoms with Gasteiger partial charge in [0.2, 0.25) is 5.79 Å². The van der Waals surface area contributed by atoms with Crippen molar-refractivity contribution in [3.05, 3.63) is 20.9 Å². The average Bonchev–Trinajstić information content (AvgIpc) is 3.03.